The van der Waals surface area contributed by atoms with Crippen molar-refractivity contribution in [2.75, 3.05) is 25.4 Å². The Morgan fingerprint density at radius 3 is 2.57 bits per heavy atom. The van der Waals surface area contributed by atoms with Gasteiger partial charge in [-0.05, 0) is 18.9 Å². The average Bonchev–Trinajstić information content (AvgIpc) is 2.96. The highest BCUT2D eigenvalue weighted by molar-refractivity contribution is 7.89. The Bertz CT molecular complexity index is 675. The zero-order valence-electron chi connectivity index (χ0n) is 11.9. The van der Waals surface area contributed by atoms with Gasteiger partial charge in [-0.15, -0.1) is 0 Å². The Hall–Kier alpha value is -1.67. The summed E-state index contributed by atoms with van der Waals surface area (Å²) in [5, 5.41) is 2.57. The van der Waals surface area contributed by atoms with Gasteiger partial charge in [-0.1, -0.05) is 0 Å². The number of amides is 1. The first-order valence-electron chi connectivity index (χ1n) is 6.83. The van der Waals surface area contributed by atoms with Crippen molar-refractivity contribution < 1.29 is 13.2 Å². The third-order valence-electron chi connectivity index (χ3n) is 3.45. The molecule has 0 atom stereocenters. The monoisotopic (exact) mass is 313 g/mol. The van der Waals surface area contributed by atoms with E-state index in [9.17, 15) is 18.0 Å². The quantitative estimate of drug-likeness (QED) is 0.797. The molecule has 0 aromatic carbocycles. The van der Waals surface area contributed by atoms with E-state index in [0.29, 0.717) is 18.7 Å². The number of hydrogen-bond donors (Lipinski definition) is 1. The van der Waals surface area contributed by atoms with Crippen molar-refractivity contribution in [2.24, 2.45) is 7.05 Å². The molecule has 1 aliphatic heterocycles. The van der Waals surface area contributed by atoms with Gasteiger partial charge >= 0.3 is 0 Å². The first-order valence-corrected chi connectivity index (χ1v) is 8.44. The molecule has 1 aliphatic rings. The zero-order chi connectivity index (χ0) is 15.5. The third-order valence-corrected chi connectivity index (χ3v) is 5.32. The van der Waals surface area contributed by atoms with Crippen molar-refractivity contribution in [2.45, 2.75) is 12.8 Å². The summed E-state index contributed by atoms with van der Waals surface area (Å²) in [5.41, 5.74) is 0.124. The molecule has 0 saturated carbocycles. The van der Waals surface area contributed by atoms with Crippen LogP contribution in [-0.2, 0) is 17.1 Å². The van der Waals surface area contributed by atoms with Gasteiger partial charge in [-0.3, -0.25) is 9.59 Å². The number of carbonyl (C=O) groups is 1. The van der Waals surface area contributed by atoms with E-state index in [-0.39, 0.29) is 23.8 Å². The van der Waals surface area contributed by atoms with E-state index in [1.54, 1.807) is 7.05 Å². The van der Waals surface area contributed by atoms with Gasteiger partial charge in [0.15, 0.2) is 0 Å². The number of aryl methyl sites for hydroxylation is 1. The molecule has 1 saturated heterocycles. The molecule has 0 bridgehead atoms. The van der Waals surface area contributed by atoms with Crippen LogP contribution in [0.15, 0.2) is 23.1 Å². The summed E-state index contributed by atoms with van der Waals surface area (Å²) in [7, 11) is -1.74. The molecule has 2 rings (SSSR count). The summed E-state index contributed by atoms with van der Waals surface area (Å²) in [6.45, 7) is 1.19. The average molecular weight is 313 g/mol. The summed E-state index contributed by atoms with van der Waals surface area (Å²) >= 11 is 0. The minimum Gasteiger partial charge on any atom is -0.351 e. The predicted molar refractivity (Wildman–Crippen MR) is 78.6 cm³/mol. The maximum atomic E-state index is 12.0. The van der Waals surface area contributed by atoms with Crippen molar-refractivity contribution >= 4 is 15.9 Å². The molecule has 1 fully saturated rings. The number of rotatable bonds is 5. The molecule has 0 aliphatic carbocycles. The number of aromatic nitrogens is 1. The molecule has 0 radical (unpaired) electrons. The predicted octanol–water partition coefficient (Wildman–Crippen LogP) is -0.459. The van der Waals surface area contributed by atoms with Gasteiger partial charge < -0.3 is 9.88 Å². The van der Waals surface area contributed by atoms with Gasteiger partial charge in [0.25, 0.3) is 5.91 Å². The first-order chi connectivity index (χ1) is 9.90. The van der Waals surface area contributed by atoms with Gasteiger partial charge in [0.05, 0.1) is 11.3 Å². The zero-order valence-corrected chi connectivity index (χ0v) is 12.7. The van der Waals surface area contributed by atoms with Gasteiger partial charge in [-0.2, -0.15) is 0 Å². The molecule has 0 unspecified atom stereocenters. The number of nitrogens with zero attached hydrogens (tertiary/aromatic N) is 2. The van der Waals surface area contributed by atoms with Crippen LogP contribution in [0.25, 0.3) is 0 Å². The third kappa shape index (κ3) is 3.92. The number of pyridine rings is 1. The van der Waals surface area contributed by atoms with Crippen molar-refractivity contribution in [3.63, 3.8) is 0 Å². The van der Waals surface area contributed by atoms with Crippen molar-refractivity contribution in [3.8, 4) is 0 Å². The summed E-state index contributed by atoms with van der Waals surface area (Å²) < 4.78 is 26.7. The van der Waals surface area contributed by atoms with Gasteiger partial charge in [0, 0.05) is 38.9 Å². The molecule has 21 heavy (non-hydrogen) atoms. The summed E-state index contributed by atoms with van der Waals surface area (Å²) in [5.74, 6) is -0.493. The Balaban J connectivity index is 1.89. The van der Waals surface area contributed by atoms with E-state index in [1.165, 1.54) is 27.2 Å². The van der Waals surface area contributed by atoms with E-state index in [1.807, 2.05) is 0 Å². The maximum absolute atomic E-state index is 12.0. The molecule has 8 heteroatoms. The molecule has 0 spiro atoms. The van der Waals surface area contributed by atoms with Crippen LogP contribution in [0.1, 0.15) is 23.2 Å². The Labute approximate surface area is 123 Å². The number of nitrogens with one attached hydrogen (secondary N) is 1. The van der Waals surface area contributed by atoms with Crippen LogP contribution in [0.3, 0.4) is 0 Å². The standard InChI is InChI=1S/C13H19N3O4S/c1-15-10-11(4-5-12(15)17)13(18)14-6-9-21(19,20)16-7-2-3-8-16/h4-5,10H,2-3,6-9H2,1H3,(H,14,18). The van der Waals surface area contributed by atoms with E-state index < -0.39 is 10.0 Å². The summed E-state index contributed by atoms with van der Waals surface area (Å²) in [4.78, 5) is 23.1. The van der Waals surface area contributed by atoms with E-state index in [0.717, 1.165) is 12.8 Å². The van der Waals surface area contributed by atoms with Crippen LogP contribution >= 0.6 is 0 Å². The van der Waals surface area contributed by atoms with Gasteiger partial charge in [-0.25, -0.2) is 12.7 Å². The molecule has 7 nitrogen and oxygen atoms in total. The molecule has 1 aromatic rings. The van der Waals surface area contributed by atoms with Gasteiger partial charge in [0.1, 0.15) is 0 Å². The second-order valence-corrected chi connectivity index (χ2v) is 7.13. The lowest BCUT2D eigenvalue weighted by atomic mass is 10.2. The van der Waals surface area contributed by atoms with E-state index >= 15 is 0 Å². The number of sulfonamides is 1. The van der Waals surface area contributed by atoms with Crippen LogP contribution in [-0.4, -0.2) is 48.6 Å². The smallest absolute Gasteiger partial charge is 0.252 e. The van der Waals surface area contributed by atoms with Crippen LogP contribution < -0.4 is 10.9 Å². The number of hydrogen-bond acceptors (Lipinski definition) is 4. The molecule has 116 valence electrons. The highest BCUT2D eigenvalue weighted by atomic mass is 32.2. The Kier molecular flexibility index (Phi) is 4.79. The van der Waals surface area contributed by atoms with Crippen LogP contribution in [0, 0.1) is 0 Å². The van der Waals surface area contributed by atoms with Crippen molar-refractivity contribution in [3.05, 3.63) is 34.2 Å². The number of carbonyl (C=O) groups excluding carboxylic acids is 1. The molecule has 2 heterocycles. The minimum absolute atomic E-state index is 0.0561. The molecule has 1 N–H and O–H groups in total. The highest BCUT2D eigenvalue weighted by Gasteiger charge is 2.24. The van der Waals surface area contributed by atoms with Crippen molar-refractivity contribution in [1.82, 2.24) is 14.2 Å². The lowest BCUT2D eigenvalue weighted by Crippen LogP contribution is -2.36. The van der Waals surface area contributed by atoms with Gasteiger partial charge in [0.2, 0.25) is 15.6 Å². The molecular weight excluding hydrogens is 294 g/mol. The minimum atomic E-state index is -3.29. The maximum Gasteiger partial charge on any atom is 0.252 e. The molecule has 1 aromatic heterocycles. The van der Waals surface area contributed by atoms with E-state index in [4.69, 9.17) is 0 Å². The van der Waals surface area contributed by atoms with Crippen LogP contribution in [0.2, 0.25) is 0 Å². The lowest BCUT2D eigenvalue weighted by molar-refractivity contribution is 0.0955. The second-order valence-electron chi connectivity index (χ2n) is 5.04. The highest BCUT2D eigenvalue weighted by Crippen LogP contribution is 2.12. The Morgan fingerprint density at radius 2 is 1.95 bits per heavy atom. The fourth-order valence-corrected chi connectivity index (χ4v) is 3.65. The molecule has 1 amide bonds. The molecular formula is C13H19N3O4S. The second kappa shape index (κ2) is 6.40. The fraction of sp³-hybridized carbons (Fsp3) is 0.538. The van der Waals surface area contributed by atoms with Crippen LogP contribution in [0.5, 0.6) is 0 Å². The largest absolute Gasteiger partial charge is 0.351 e. The first kappa shape index (κ1) is 15.7. The topological polar surface area (TPSA) is 88.5 Å². The summed E-state index contributed by atoms with van der Waals surface area (Å²) in [6, 6.07) is 2.72. The van der Waals surface area contributed by atoms with Crippen LogP contribution in [0.4, 0.5) is 0 Å². The Morgan fingerprint density at radius 1 is 1.29 bits per heavy atom. The fourth-order valence-electron chi connectivity index (χ4n) is 2.22. The van der Waals surface area contributed by atoms with Crippen molar-refractivity contribution in [1.29, 1.82) is 0 Å². The van der Waals surface area contributed by atoms with E-state index in [2.05, 4.69) is 5.32 Å². The SMILES string of the molecule is Cn1cc(C(=O)NCCS(=O)(=O)N2CCCC2)ccc1=O. The summed E-state index contributed by atoms with van der Waals surface area (Å²) in [6.07, 6.45) is 3.21. The normalized spacial score (nSPS) is 16.0. The lowest BCUT2D eigenvalue weighted by Gasteiger charge is -2.15.